The highest BCUT2D eigenvalue weighted by Crippen LogP contribution is 2.38. The molecular weight excluding hydrogens is 439 g/mol. The Labute approximate surface area is 192 Å². The minimum Gasteiger partial charge on any atom is -0.493 e. The van der Waals surface area contributed by atoms with E-state index in [9.17, 15) is 13.2 Å². The maximum atomic E-state index is 13.1. The van der Waals surface area contributed by atoms with Crippen LogP contribution in [0.4, 0.5) is 13.2 Å². The van der Waals surface area contributed by atoms with Gasteiger partial charge >= 0.3 is 6.18 Å². The second-order valence-electron chi connectivity index (χ2n) is 8.90. The molecule has 7 heteroatoms. The Kier molecular flexibility index (Phi) is 7.21. The smallest absolute Gasteiger partial charge is 0.416 e. The van der Waals surface area contributed by atoms with Gasteiger partial charge in [0, 0.05) is 11.6 Å². The van der Waals surface area contributed by atoms with E-state index in [0.717, 1.165) is 55.5 Å². The van der Waals surface area contributed by atoms with E-state index < -0.39 is 11.7 Å². The number of hydrogen-bond acceptors (Lipinski definition) is 3. The highest BCUT2D eigenvalue weighted by Gasteiger charge is 2.32. The maximum Gasteiger partial charge on any atom is 0.416 e. The van der Waals surface area contributed by atoms with E-state index >= 15 is 0 Å². The van der Waals surface area contributed by atoms with Crippen molar-refractivity contribution in [3.63, 3.8) is 0 Å². The molecule has 2 aliphatic rings. The molecule has 2 fully saturated rings. The van der Waals surface area contributed by atoms with Gasteiger partial charge in [0.15, 0.2) is 11.5 Å². The van der Waals surface area contributed by atoms with Gasteiger partial charge in [-0.25, -0.2) is 0 Å². The molecule has 3 nitrogen and oxygen atoms in total. The molecule has 2 aromatic rings. The molecule has 1 heterocycles. The molecule has 0 amide bonds. The molecule has 174 valence electrons. The predicted molar refractivity (Wildman–Crippen MR) is 120 cm³/mol. The lowest BCUT2D eigenvalue weighted by atomic mass is 9.82. The molecule has 2 atom stereocenters. The van der Waals surface area contributed by atoms with Crippen molar-refractivity contribution in [2.24, 2.45) is 5.92 Å². The number of halogens is 4. The van der Waals surface area contributed by atoms with Gasteiger partial charge in [0.1, 0.15) is 0 Å². The fourth-order valence-electron chi connectivity index (χ4n) is 4.88. The van der Waals surface area contributed by atoms with Gasteiger partial charge in [0.25, 0.3) is 0 Å². The van der Waals surface area contributed by atoms with Gasteiger partial charge in [-0.2, -0.15) is 13.2 Å². The molecule has 1 saturated heterocycles. The second kappa shape index (κ2) is 9.92. The minimum absolute atomic E-state index is 0.191. The van der Waals surface area contributed by atoms with Crippen LogP contribution in [-0.2, 0) is 12.6 Å². The van der Waals surface area contributed by atoms with Gasteiger partial charge in [-0.1, -0.05) is 17.7 Å². The zero-order valence-electron chi connectivity index (χ0n) is 18.2. The summed E-state index contributed by atoms with van der Waals surface area (Å²) < 4.78 is 51.1. The van der Waals surface area contributed by atoms with Crippen LogP contribution in [0.3, 0.4) is 0 Å². The number of hydrogen-bond donors (Lipinski definition) is 1. The van der Waals surface area contributed by atoms with Crippen molar-refractivity contribution in [1.82, 2.24) is 5.32 Å². The Morgan fingerprint density at radius 3 is 2.53 bits per heavy atom. The molecule has 0 unspecified atom stereocenters. The lowest BCUT2D eigenvalue weighted by molar-refractivity contribution is -0.137. The molecule has 1 N–H and O–H groups in total. The number of methoxy groups -OCH3 is 1. The van der Waals surface area contributed by atoms with Crippen LogP contribution in [0.15, 0.2) is 36.4 Å². The number of ether oxygens (including phenoxy) is 2. The van der Waals surface area contributed by atoms with Gasteiger partial charge in [0.2, 0.25) is 0 Å². The van der Waals surface area contributed by atoms with Crippen LogP contribution in [-0.4, -0.2) is 26.3 Å². The van der Waals surface area contributed by atoms with Crippen LogP contribution in [0.25, 0.3) is 0 Å². The maximum absolute atomic E-state index is 13.1. The lowest BCUT2D eigenvalue weighted by Gasteiger charge is -2.31. The number of piperidine rings is 1. The van der Waals surface area contributed by atoms with Gasteiger partial charge in [-0.05, 0) is 98.4 Å². The van der Waals surface area contributed by atoms with Gasteiger partial charge in [0.05, 0.1) is 18.8 Å². The van der Waals surface area contributed by atoms with Crippen molar-refractivity contribution in [2.45, 2.75) is 56.7 Å². The third-order valence-electron chi connectivity index (χ3n) is 6.58. The number of alkyl halides is 3. The van der Waals surface area contributed by atoms with Crippen LogP contribution in [0.2, 0.25) is 5.02 Å². The summed E-state index contributed by atoms with van der Waals surface area (Å²) >= 11 is 6.24. The third-order valence-corrected chi connectivity index (χ3v) is 6.95. The fourth-order valence-corrected chi connectivity index (χ4v) is 5.08. The van der Waals surface area contributed by atoms with E-state index in [2.05, 4.69) is 17.4 Å². The quantitative estimate of drug-likeness (QED) is 0.517. The zero-order chi connectivity index (χ0) is 22.7. The molecule has 1 saturated carbocycles. The second-order valence-corrected chi connectivity index (χ2v) is 9.31. The van der Waals surface area contributed by atoms with Crippen LogP contribution < -0.4 is 14.8 Å². The number of benzene rings is 2. The van der Waals surface area contributed by atoms with E-state index in [1.165, 1.54) is 25.0 Å². The first-order valence-electron chi connectivity index (χ1n) is 11.2. The largest absolute Gasteiger partial charge is 0.493 e. The summed E-state index contributed by atoms with van der Waals surface area (Å²) in [6, 6.07) is 9.66. The standard InChI is InChI=1S/C25H29ClF3NO2/c1-31-23-9-6-17(13-24(23)32-21-4-2-3-5-21)19-11-16(14-30-15-19)10-18-12-20(25(27,28)29)7-8-22(18)26/h6-9,12-13,16,19,21,30H,2-5,10-11,14-15H2,1H3/t16-,19+/m0/s1. The highest BCUT2D eigenvalue weighted by molar-refractivity contribution is 6.31. The van der Waals surface area contributed by atoms with Crippen LogP contribution in [0, 0.1) is 5.92 Å². The molecule has 32 heavy (non-hydrogen) atoms. The predicted octanol–water partition coefficient (Wildman–Crippen LogP) is 6.62. The third kappa shape index (κ3) is 5.52. The van der Waals surface area contributed by atoms with Crippen molar-refractivity contribution in [3.8, 4) is 11.5 Å². The Balaban J connectivity index is 1.48. The number of rotatable bonds is 6. The summed E-state index contributed by atoms with van der Waals surface area (Å²) in [5.74, 6) is 1.95. The van der Waals surface area contributed by atoms with Gasteiger partial charge < -0.3 is 14.8 Å². The molecule has 0 bridgehead atoms. The van der Waals surface area contributed by atoms with Crippen LogP contribution in [0.5, 0.6) is 11.5 Å². The van der Waals surface area contributed by atoms with Crippen molar-refractivity contribution in [3.05, 3.63) is 58.1 Å². The molecule has 0 radical (unpaired) electrons. The SMILES string of the molecule is COc1ccc([C@H]2CNC[C@@H](Cc3cc(C(F)(F)F)ccc3Cl)C2)cc1OC1CCCC1. The topological polar surface area (TPSA) is 30.5 Å². The summed E-state index contributed by atoms with van der Waals surface area (Å²) in [5, 5.41) is 3.84. The molecule has 0 aromatic heterocycles. The van der Waals surface area contributed by atoms with Crippen molar-refractivity contribution in [1.29, 1.82) is 0 Å². The Bertz CT molecular complexity index is 928. The Hall–Kier alpha value is -1.92. The van der Waals surface area contributed by atoms with Crippen LogP contribution in [0.1, 0.15) is 54.7 Å². The molecule has 0 spiro atoms. The molecule has 1 aliphatic heterocycles. The minimum atomic E-state index is -4.37. The fraction of sp³-hybridized carbons (Fsp3) is 0.520. The van der Waals surface area contributed by atoms with E-state index in [4.69, 9.17) is 21.1 Å². The van der Waals surface area contributed by atoms with Crippen molar-refractivity contribution >= 4 is 11.6 Å². The first kappa shape index (κ1) is 23.2. The summed E-state index contributed by atoms with van der Waals surface area (Å²) in [6.07, 6.45) is 1.77. The van der Waals surface area contributed by atoms with E-state index in [1.807, 2.05) is 6.07 Å². The molecule has 4 rings (SSSR count). The average molecular weight is 468 g/mol. The van der Waals surface area contributed by atoms with E-state index in [-0.39, 0.29) is 17.9 Å². The first-order valence-corrected chi connectivity index (χ1v) is 11.6. The van der Waals surface area contributed by atoms with Gasteiger partial charge in [-0.15, -0.1) is 0 Å². The monoisotopic (exact) mass is 467 g/mol. The molecule has 2 aromatic carbocycles. The number of nitrogens with one attached hydrogen (secondary N) is 1. The first-order chi connectivity index (χ1) is 15.3. The Morgan fingerprint density at radius 2 is 1.81 bits per heavy atom. The molecule has 1 aliphatic carbocycles. The average Bonchev–Trinajstić information content (AvgIpc) is 3.28. The van der Waals surface area contributed by atoms with Gasteiger partial charge in [-0.3, -0.25) is 0 Å². The zero-order valence-corrected chi connectivity index (χ0v) is 18.9. The Morgan fingerprint density at radius 1 is 1.03 bits per heavy atom. The molecular formula is C25H29ClF3NO2. The van der Waals surface area contributed by atoms with Crippen molar-refractivity contribution in [2.75, 3.05) is 20.2 Å². The summed E-state index contributed by atoms with van der Waals surface area (Å²) in [7, 11) is 1.65. The normalized spacial score (nSPS) is 22.2. The van der Waals surface area contributed by atoms with E-state index in [1.54, 1.807) is 7.11 Å². The lowest BCUT2D eigenvalue weighted by Crippen LogP contribution is -2.36. The van der Waals surface area contributed by atoms with E-state index in [0.29, 0.717) is 17.0 Å². The summed E-state index contributed by atoms with van der Waals surface area (Å²) in [4.78, 5) is 0. The summed E-state index contributed by atoms with van der Waals surface area (Å²) in [6.45, 7) is 1.58. The summed E-state index contributed by atoms with van der Waals surface area (Å²) in [5.41, 5.74) is 1.06. The van der Waals surface area contributed by atoms with Crippen molar-refractivity contribution < 1.29 is 22.6 Å². The highest BCUT2D eigenvalue weighted by atomic mass is 35.5. The van der Waals surface area contributed by atoms with Crippen LogP contribution >= 0.6 is 11.6 Å².